The molecule has 0 atom stereocenters. The fraction of sp³-hybridized carbons (Fsp3) is 1.00. The van der Waals surface area contributed by atoms with Crippen molar-refractivity contribution in [2.45, 2.75) is 116 Å². The molecule has 0 amide bonds. The summed E-state index contributed by atoms with van der Waals surface area (Å²) in [7, 11) is 0. The lowest BCUT2D eigenvalue weighted by Gasteiger charge is -2.61. The maximum atomic E-state index is 2.57. The van der Waals surface area contributed by atoms with Crippen molar-refractivity contribution in [2.24, 2.45) is 38.4 Å². The van der Waals surface area contributed by atoms with Crippen LogP contribution in [0.5, 0.6) is 0 Å². The van der Waals surface area contributed by atoms with Gasteiger partial charge in [-0.1, -0.05) is 109 Å². The first-order valence-electron chi connectivity index (χ1n) is 10.4. The molecule has 0 radical (unpaired) electrons. The van der Waals surface area contributed by atoms with Crippen LogP contribution in [0.1, 0.15) is 116 Å². The standard InChI is InChI=1S/C24H48/c1-14-15-16-17-18-19(2,3)21(6,7)23(10,11)24(12,13)22(8,9)20(18,4)5/h18H,14-17H2,1-13H3. The predicted octanol–water partition coefficient (Wildman–Crippen LogP) is 8.35. The van der Waals surface area contributed by atoms with Crippen molar-refractivity contribution in [1.82, 2.24) is 0 Å². The molecule has 1 fully saturated rings. The normalized spacial score (nSPS) is 29.9. The Labute approximate surface area is 154 Å². The minimum absolute atomic E-state index is 0.254. The minimum atomic E-state index is 0.254. The summed E-state index contributed by atoms with van der Waals surface area (Å²) in [6.07, 6.45) is 5.43. The van der Waals surface area contributed by atoms with Gasteiger partial charge in [0.25, 0.3) is 0 Å². The molecule has 0 aromatic carbocycles. The average molecular weight is 337 g/mol. The highest BCUT2D eigenvalue weighted by molar-refractivity contribution is 5.16. The third-order valence-electron chi connectivity index (χ3n) is 10.7. The van der Waals surface area contributed by atoms with Gasteiger partial charge in [0, 0.05) is 0 Å². The molecule has 0 nitrogen and oxygen atoms in total. The topological polar surface area (TPSA) is 0 Å². The van der Waals surface area contributed by atoms with Gasteiger partial charge in [-0.05, 0) is 44.8 Å². The first-order chi connectivity index (χ1) is 10.4. The monoisotopic (exact) mass is 336 g/mol. The molecular weight excluding hydrogens is 288 g/mol. The van der Waals surface area contributed by atoms with Gasteiger partial charge in [-0.15, -0.1) is 0 Å². The Morgan fingerprint density at radius 3 is 1.12 bits per heavy atom. The van der Waals surface area contributed by atoms with Gasteiger partial charge in [0.2, 0.25) is 0 Å². The van der Waals surface area contributed by atoms with E-state index in [1.54, 1.807) is 0 Å². The summed E-state index contributed by atoms with van der Waals surface area (Å²) in [5.74, 6) is 0.739. The Morgan fingerprint density at radius 1 is 0.500 bits per heavy atom. The molecule has 1 saturated carbocycles. The van der Waals surface area contributed by atoms with Crippen LogP contribution < -0.4 is 0 Å². The molecular formula is C24H48. The van der Waals surface area contributed by atoms with Crippen LogP contribution in [0.4, 0.5) is 0 Å². The molecule has 0 spiro atoms. The van der Waals surface area contributed by atoms with E-state index in [0.717, 1.165) is 5.92 Å². The van der Waals surface area contributed by atoms with E-state index in [9.17, 15) is 0 Å². The van der Waals surface area contributed by atoms with E-state index in [0.29, 0.717) is 10.8 Å². The highest BCUT2D eigenvalue weighted by Crippen LogP contribution is 2.75. The quantitative estimate of drug-likeness (QED) is 0.357. The molecule has 0 unspecified atom stereocenters. The molecule has 24 heavy (non-hydrogen) atoms. The molecule has 0 saturated heterocycles. The van der Waals surface area contributed by atoms with Crippen LogP contribution in [0.25, 0.3) is 0 Å². The predicted molar refractivity (Wildman–Crippen MR) is 110 cm³/mol. The Balaban J connectivity index is 3.67. The van der Waals surface area contributed by atoms with Gasteiger partial charge in [0.15, 0.2) is 0 Å². The van der Waals surface area contributed by atoms with Crippen LogP contribution in [-0.2, 0) is 0 Å². The van der Waals surface area contributed by atoms with Gasteiger partial charge in [-0.2, -0.15) is 0 Å². The lowest BCUT2D eigenvalue weighted by Crippen LogP contribution is -2.54. The van der Waals surface area contributed by atoms with Crippen LogP contribution in [0, 0.1) is 38.4 Å². The Hall–Kier alpha value is 0. The van der Waals surface area contributed by atoms with Gasteiger partial charge in [-0.3, -0.25) is 0 Å². The summed E-state index contributed by atoms with van der Waals surface area (Å²) in [6, 6.07) is 0. The third kappa shape index (κ3) is 2.52. The van der Waals surface area contributed by atoms with Crippen molar-refractivity contribution in [1.29, 1.82) is 0 Å². The van der Waals surface area contributed by atoms with E-state index < -0.39 is 0 Å². The van der Waals surface area contributed by atoms with Crippen LogP contribution in [-0.4, -0.2) is 0 Å². The van der Waals surface area contributed by atoms with Crippen LogP contribution in [0.15, 0.2) is 0 Å². The van der Waals surface area contributed by atoms with Gasteiger partial charge in [0.05, 0.1) is 0 Å². The van der Waals surface area contributed by atoms with Crippen molar-refractivity contribution >= 4 is 0 Å². The molecule has 1 aliphatic carbocycles. The van der Waals surface area contributed by atoms with Crippen molar-refractivity contribution in [2.75, 3.05) is 0 Å². The molecule has 0 aromatic heterocycles. The lowest BCUT2D eigenvalue weighted by molar-refractivity contribution is -0.127. The van der Waals surface area contributed by atoms with E-state index in [-0.39, 0.29) is 21.7 Å². The second kappa shape index (κ2) is 6.02. The molecule has 1 aliphatic rings. The first-order valence-corrected chi connectivity index (χ1v) is 10.4. The molecule has 0 heteroatoms. The summed E-state index contributed by atoms with van der Waals surface area (Å²) >= 11 is 0. The lowest BCUT2D eigenvalue weighted by atomic mass is 9.43. The Kier molecular flexibility index (Phi) is 5.53. The second-order valence-corrected chi connectivity index (χ2v) is 12.0. The van der Waals surface area contributed by atoms with E-state index >= 15 is 0 Å². The summed E-state index contributed by atoms with van der Waals surface area (Å²) in [4.78, 5) is 0. The van der Waals surface area contributed by atoms with Crippen molar-refractivity contribution in [3.63, 3.8) is 0 Å². The summed E-state index contributed by atoms with van der Waals surface area (Å²) in [6.45, 7) is 33.0. The average Bonchev–Trinajstić information content (AvgIpc) is 2.41. The molecule has 144 valence electrons. The fourth-order valence-corrected chi connectivity index (χ4v) is 6.27. The van der Waals surface area contributed by atoms with E-state index in [1.165, 1.54) is 25.7 Å². The number of unbranched alkanes of at least 4 members (excludes halogenated alkanes) is 2. The zero-order valence-electron chi connectivity index (χ0n) is 19.4. The fourth-order valence-electron chi connectivity index (χ4n) is 6.27. The van der Waals surface area contributed by atoms with E-state index in [2.05, 4.69) is 90.0 Å². The summed E-state index contributed by atoms with van der Waals surface area (Å²) in [5.41, 5.74) is 1.65. The van der Waals surface area contributed by atoms with Gasteiger partial charge >= 0.3 is 0 Å². The second-order valence-electron chi connectivity index (χ2n) is 12.0. The van der Waals surface area contributed by atoms with E-state index in [4.69, 9.17) is 0 Å². The minimum Gasteiger partial charge on any atom is -0.0654 e. The summed E-state index contributed by atoms with van der Waals surface area (Å²) in [5, 5.41) is 0. The maximum absolute atomic E-state index is 2.57. The molecule has 0 aliphatic heterocycles. The van der Waals surface area contributed by atoms with Gasteiger partial charge in [0.1, 0.15) is 0 Å². The highest BCUT2D eigenvalue weighted by Gasteiger charge is 2.68. The van der Waals surface area contributed by atoms with Crippen LogP contribution >= 0.6 is 0 Å². The molecule has 0 bridgehead atoms. The molecule has 1 rings (SSSR count). The summed E-state index contributed by atoms with van der Waals surface area (Å²) < 4.78 is 0. The molecule has 0 heterocycles. The number of rotatable bonds is 4. The van der Waals surface area contributed by atoms with Crippen LogP contribution in [0.2, 0.25) is 0 Å². The van der Waals surface area contributed by atoms with Gasteiger partial charge in [-0.25, -0.2) is 0 Å². The maximum Gasteiger partial charge on any atom is -0.0241 e. The smallest absolute Gasteiger partial charge is 0.0241 e. The zero-order chi connectivity index (χ0) is 19.4. The zero-order valence-corrected chi connectivity index (χ0v) is 19.4. The number of hydrogen-bond acceptors (Lipinski definition) is 0. The Morgan fingerprint density at radius 2 is 0.833 bits per heavy atom. The number of hydrogen-bond donors (Lipinski definition) is 0. The molecule has 0 N–H and O–H groups in total. The van der Waals surface area contributed by atoms with Crippen molar-refractivity contribution < 1.29 is 0 Å². The van der Waals surface area contributed by atoms with E-state index in [1.807, 2.05) is 0 Å². The highest BCUT2D eigenvalue weighted by atomic mass is 14.7. The third-order valence-corrected chi connectivity index (χ3v) is 10.7. The van der Waals surface area contributed by atoms with Crippen LogP contribution in [0.3, 0.4) is 0 Å². The molecule has 0 aromatic rings. The Bertz CT molecular complexity index is 405. The SMILES string of the molecule is CCCCCC1C(C)(C)C(C)(C)C(C)(C)C(C)(C)C(C)(C)C1(C)C. The van der Waals surface area contributed by atoms with Crippen molar-refractivity contribution in [3.8, 4) is 0 Å². The largest absolute Gasteiger partial charge is 0.0654 e. The van der Waals surface area contributed by atoms with Gasteiger partial charge < -0.3 is 0 Å². The van der Waals surface area contributed by atoms with Crippen molar-refractivity contribution in [3.05, 3.63) is 0 Å². The first kappa shape index (κ1) is 22.0.